The van der Waals surface area contributed by atoms with Crippen LogP contribution in [0.25, 0.3) is 0 Å². The normalized spacial score (nSPS) is 20.5. The maximum absolute atomic E-state index is 11.5. The molecular formula is C20H32NO4P. The molecule has 0 radical (unpaired) electrons. The molecule has 2 unspecified atom stereocenters. The lowest BCUT2D eigenvalue weighted by molar-refractivity contribution is 0.0854. The van der Waals surface area contributed by atoms with Crippen molar-refractivity contribution in [3.05, 3.63) is 28.8 Å². The van der Waals surface area contributed by atoms with Gasteiger partial charge >= 0.3 is 0 Å². The molecule has 1 aliphatic heterocycles. The molecule has 2 N–H and O–H groups in total. The van der Waals surface area contributed by atoms with Crippen LogP contribution in [-0.2, 0) is 20.2 Å². The van der Waals surface area contributed by atoms with E-state index in [1.807, 2.05) is 12.1 Å². The summed E-state index contributed by atoms with van der Waals surface area (Å²) in [6.07, 6.45) is 1.08. The SMILES string of the molecule is CC(C)(C)c1cc(C2CC(CCP(C)(=O)O)=NO2)cc(C(C)(C)C)c1O. The monoisotopic (exact) mass is 381 g/mol. The molecule has 0 aromatic heterocycles. The number of hydrogen-bond donors (Lipinski definition) is 2. The lowest BCUT2D eigenvalue weighted by atomic mass is 9.77. The standard InChI is InChI=1S/C20H32NO4P/c1-19(2,3)15-10-13(11-16(18(15)22)20(4,5)6)17-12-14(21-25-17)8-9-26(7,23)24/h10-11,17,22H,8-9,12H2,1-7H3,(H,23,24). The second-order valence-electron chi connectivity index (χ2n) is 9.44. The third-order valence-electron chi connectivity index (χ3n) is 4.67. The van der Waals surface area contributed by atoms with Crippen LogP contribution in [0.1, 0.15) is 77.2 Å². The molecular weight excluding hydrogens is 349 g/mol. The topological polar surface area (TPSA) is 79.1 Å². The van der Waals surface area contributed by atoms with Crippen molar-refractivity contribution in [2.45, 2.75) is 71.3 Å². The molecule has 6 heteroatoms. The third kappa shape index (κ3) is 5.11. The number of benzene rings is 1. The Hall–Kier alpha value is -1.32. The molecule has 0 saturated heterocycles. The van der Waals surface area contributed by atoms with Crippen LogP contribution >= 0.6 is 7.37 Å². The minimum atomic E-state index is -3.05. The van der Waals surface area contributed by atoms with Crippen LogP contribution in [0.2, 0.25) is 0 Å². The summed E-state index contributed by atoms with van der Waals surface area (Å²) in [5, 5.41) is 14.9. The Bertz CT molecular complexity index is 715. The summed E-state index contributed by atoms with van der Waals surface area (Å²) >= 11 is 0. The van der Waals surface area contributed by atoms with Crippen LogP contribution in [0.5, 0.6) is 5.75 Å². The lowest BCUT2D eigenvalue weighted by Crippen LogP contribution is -2.18. The van der Waals surface area contributed by atoms with Crippen molar-refractivity contribution in [1.82, 2.24) is 0 Å². The Morgan fingerprint density at radius 1 is 1.15 bits per heavy atom. The van der Waals surface area contributed by atoms with E-state index in [0.29, 0.717) is 18.6 Å². The molecule has 0 aliphatic carbocycles. The number of aromatic hydroxyl groups is 1. The number of hydrogen-bond acceptors (Lipinski definition) is 4. The molecule has 0 amide bonds. The second-order valence-corrected chi connectivity index (χ2v) is 12.0. The summed E-state index contributed by atoms with van der Waals surface area (Å²) in [5.41, 5.74) is 3.19. The largest absolute Gasteiger partial charge is 0.507 e. The molecule has 0 saturated carbocycles. The maximum atomic E-state index is 11.5. The zero-order valence-corrected chi connectivity index (χ0v) is 17.9. The van der Waals surface area contributed by atoms with Gasteiger partial charge in [0.2, 0.25) is 0 Å². The number of oxime groups is 1. The van der Waals surface area contributed by atoms with Gasteiger partial charge in [0.05, 0.1) is 5.71 Å². The summed E-state index contributed by atoms with van der Waals surface area (Å²) in [4.78, 5) is 15.1. The molecule has 0 fully saturated rings. The highest BCUT2D eigenvalue weighted by Gasteiger charge is 2.31. The van der Waals surface area contributed by atoms with Gasteiger partial charge in [-0.15, -0.1) is 0 Å². The van der Waals surface area contributed by atoms with E-state index < -0.39 is 7.37 Å². The quantitative estimate of drug-likeness (QED) is 0.712. The molecule has 1 aromatic carbocycles. The van der Waals surface area contributed by atoms with Crippen LogP contribution in [0.4, 0.5) is 0 Å². The number of rotatable bonds is 4. The molecule has 26 heavy (non-hydrogen) atoms. The van der Waals surface area contributed by atoms with Crippen LogP contribution in [-0.4, -0.2) is 28.5 Å². The maximum Gasteiger partial charge on any atom is 0.198 e. The number of nitrogens with zero attached hydrogens (tertiary/aromatic N) is 1. The van der Waals surface area contributed by atoms with Crippen molar-refractivity contribution >= 4 is 13.1 Å². The summed E-state index contributed by atoms with van der Waals surface area (Å²) in [5.74, 6) is 0.347. The zero-order valence-electron chi connectivity index (χ0n) is 17.0. The van der Waals surface area contributed by atoms with E-state index in [1.54, 1.807) is 0 Å². The average molecular weight is 381 g/mol. The Kier molecular flexibility index (Phi) is 5.66. The van der Waals surface area contributed by atoms with E-state index in [0.717, 1.165) is 22.4 Å². The predicted molar refractivity (Wildman–Crippen MR) is 107 cm³/mol. The van der Waals surface area contributed by atoms with Gasteiger partial charge in [-0.3, -0.25) is 4.57 Å². The van der Waals surface area contributed by atoms with Gasteiger partial charge in [-0.05, 0) is 46.1 Å². The molecule has 5 nitrogen and oxygen atoms in total. The van der Waals surface area contributed by atoms with Gasteiger partial charge in [0.15, 0.2) is 13.5 Å². The predicted octanol–water partition coefficient (Wildman–Crippen LogP) is 5.09. The first-order valence-electron chi connectivity index (χ1n) is 9.07. The smallest absolute Gasteiger partial charge is 0.198 e. The molecule has 2 rings (SSSR count). The summed E-state index contributed by atoms with van der Waals surface area (Å²) in [6.45, 7) is 13.8. The molecule has 2 atom stereocenters. The van der Waals surface area contributed by atoms with E-state index in [2.05, 4.69) is 46.7 Å². The van der Waals surface area contributed by atoms with E-state index in [4.69, 9.17) is 4.84 Å². The minimum absolute atomic E-state index is 0.200. The molecule has 1 aliphatic rings. The summed E-state index contributed by atoms with van der Waals surface area (Å²) in [7, 11) is -3.05. The van der Waals surface area contributed by atoms with Crippen molar-refractivity contribution in [3.63, 3.8) is 0 Å². The van der Waals surface area contributed by atoms with E-state index in [-0.39, 0.29) is 23.1 Å². The fraction of sp³-hybridized carbons (Fsp3) is 0.650. The van der Waals surface area contributed by atoms with Gasteiger partial charge in [0.1, 0.15) is 5.75 Å². The van der Waals surface area contributed by atoms with Gasteiger partial charge in [0.25, 0.3) is 0 Å². The van der Waals surface area contributed by atoms with Crippen molar-refractivity contribution in [3.8, 4) is 5.75 Å². The Balaban J connectivity index is 2.32. The minimum Gasteiger partial charge on any atom is -0.507 e. The van der Waals surface area contributed by atoms with E-state index in [9.17, 15) is 14.6 Å². The van der Waals surface area contributed by atoms with Gasteiger partial charge in [-0.1, -0.05) is 46.7 Å². The first-order chi connectivity index (χ1) is 11.7. The average Bonchev–Trinajstić information content (AvgIpc) is 2.91. The van der Waals surface area contributed by atoms with Crippen LogP contribution < -0.4 is 0 Å². The highest BCUT2D eigenvalue weighted by atomic mass is 31.2. The van der Waals surface area contributed by atoms with Crippen LogP contribution in [0.15, 0.2) is 17.3 Å². The first kappa shape index (κ1) is 21.0. The number of phenolic OH excluding ortho intramolecular Hbond substituents is 1. The van der Waals surface area contributed by atoms with Gasteiger partial charge < -0.3 is 14.8 Å². The van der Waals surface area contributed by atoms with E-state index in [1.165, 1.54) is 6.66 Å². The van der Waals surface area contributed by atoms with Gasteiger partial charge in [-0.2, -0.15) is 0 Å². The zero-order chi connectivity index (χ0) is 19.9. The Labute approximate surface area is 156 Å². The van der Waals surface area contributed by atoms with Crippen LogP contribution in [0, 0.1) is 0 Å². The van der Waals surface area contributed by atoms with Crippen molar-refractivity contribution in [2.75, 3.05) is 12.8 Å². The number of phenols is 1. The summed E-state index contributed by atoms with van der Waals surface area (Å²) in [6, 6.07) is 4.01. The molecule has 0 spiro atoms. The van der Waals surface area contributed by atoms with Crippen molar-refractivity contribution in [2.24, 2.45) is 5.16 Å². The highest BCUT2D eigenvalue weighted by molar-refractivity contribution is 7.57. The summed E-state index contributed by atoms with van der Waals surface area (Å²) < 4.78 is 11.5. The molecule has 146 valence electrons. The van der Waals surface area contributed by atoms with E-state index >= 15 is 0 Å². The van der Waals surface area contributed by atoms with Crippen molar-refractivity contribution in [1.29, 1.82) is 0 Å². The van der Waals surface area contributed by atoms with Crippen molar-refractivity contribution < 1.29 is 19.4 Å². The Morgan fingerprint density at radius 2 is 1.65 bits per heavy atom. The fourth-order valence-corrected chi connectivity index (χ4v) is 3.75. The molecule has 1 aromatic rings. The second kappa shape index (κ2) is 7.01. The molecule has 0 bridgehead atoms. The fourth-order valence-electron chi connectivity index (χ4n) is 3.08. The first-order valence-corrected chi connectivity index (χ1v) is 11.4. The lowest BCUT2D eigenvalue weighted by Gasteiger charge is -2.29. The van der Waals surface area contributed by atoms with Crippen LogP contribution in [0.3, 0.4) is 0 Å². The molecule has 1 heterocycles. The van der Waals surface area contributed by atoms with Gasteiger partial charge in [0, 0.05) is 19.2 Å². The van der Waals surface area contributed by atoms with Gasteiger partial charge in [-0.25, -0.2) is 0 Å². The highest BCUT2D eigenvalue weighted by Crippen LogP contribution is 2.43. The third-order valence-corrected chi connectivity index (χ3v) is 5.72. The Morgan fingerprint density at radius 3 is 2.08 bits per heavy atom.